The maximum atomic E-state index is 12.7. The third kappa shape index (κ3) is 5.24. The summed E-state index contributed by atoms with van der Waals surface area (Å²) in [5.74, 6) is -1.37. The lowest BCUT2D eigenvalue weighted by Crippen LogP contribution is -2.46. The Balaban J connectivity index is 1.35. The highest BCUT2D eigenvalue weighted by Gasteiger charge is 2.32. The number of aliphatic carboxylic acids is 1. The van der Waals surface area contributed by atoms with Crippen molar-refractivity contribution in [3.63, 3.8) is 0 Å². The Morgan fingerprint density at radius 3 is 2.24 bits per heavy atom. The van der Waals surface area contributed by atoms with Crippen LogP contribution in [0.4, 0.5) is 4.79 Å². The van der Waals surface area contributed by atoms with Gasteiger partial charge in [-0.15, -0.1) is 0 Å². The second-order valence-electron chi connectivity index (χ2n) is 9.19. The fourth-order valence-corrected chi connectivity index (χ4v) is 5.26. The summed E-state index contributed by atoms with van der Waals surface area (Å²) >= 11 is 0. The zero-order valence-electron chi connectivity index (χ0n) is 19.5. The lowest BCUT2D eigenvalue weighted by molar-refractivity contribution is -0.142. The zero-order valence-corrected chi connectivity index (χ0v) is 19.5. The first-order valence-electron chi connectivity index (χ1n) is 12.1. The van der Waals surface area contributed by atoms with Gasteiger partial charge in [0.25, 0.3) is 0 Å². The molecule has 3 atom stereocenters. The third-order valence-electron chi connectivity index (χ3n) is 7.05. The van der Waals surface area contributed by atoms with Gasteiger partial charge in [-0.3, -0.25) is 4.79 Å². The molecule has 7 nitrogen and oxygen atoms in total. The van der Waals surface area contributed by atoms with Crippen molar-refractivity contribution in [2.45, 2.75) is 63.5 Å². The number of fused-ring (bicyclic) bond motifs is 3. The quantitative estimate of drug-likeness (QED) is 0.535. The number of benzene rings is 2. The van der Waals surface area contributed by atoms with Gasteiger partial charge in [-0.2, -0.15) is 0 Å². The van der Waals surface area contributed by atoms with Crippen LogP contribution in [0.25, 0.3) is 11.1 Å². The van der Waals surface area contributed by atoms with Crippen LogP contribution < -0.4 is 10.6 Å². The molecular weight excluding hydrogens is 432 g/mol. The van der Waals surface area contributed by atoms with Crippen molar-refractivity contribution >= 4 is 18.0 Å². The molecule has 0 bridgehead atoms. The minimum Gasteiger partial charge on any atom is -0.480 e. The number of alkyl carbamates (subject to hydrolysis) is 1. The van der Waals surface area contributed by atoms with E-state index in [1.54, 1.807) is 6.92 Å². The van der Waals surface area contributed by atoms with E-state index in [0.29, 0.717) is 6.42 Å². The SMILES string of the molecule is CC[C@H](NC(=O)CC1CCCCC1NC(=O)OCC1c2ccccc2-c2ccccc21)C(=O)O. The molecule has 180 valence electrons. The summed E-state index contributed by atoms with van der Waals surface area (Å²) in [6, 6.07) is 15.3. The standard InChI is InChI=1S/C27H32N2O5/c1-2-23(26(31)32)28-25(30)15-17-9-3-8-14-24(17)29-27(33)34-16-22-20-12-6-4-10-18(20)19-11-5-7-13-21(19)22/h4-7,10-13,17,22-24H,2-3,8-9,14-16H2,1H3,(H,28,30)(H,29,33)(H,31,32)/t17?,23-,24?/m0/s1. The zero-order chi connectivity index (χ0) is 24.1. The Morgan fingerprint density at radius 1 is 1.00 bits per heavy atom. The number of rotatable bonds is 8. The van der Waals surface area contributed by atoms with Crippen LogP contribution in [-0.4, -0.2) is 41.8 Å². The number of carboxylic acids is 1. The summed E-state index contributed by atoms with van der Waals surface area (Å²) in [6.07, 6.45) is 3.58. The Kier molecular flexibility index (Phi) is 7.50. The summed E-state index contributed by atoms with van der Waals surface area (Å²) in [7, 11) is 0. The first kappa shape index (κ1) is 23.8. The molecular formula is C27H32N2O5. The molecule has 0 aromatic heterocycles. The smallest absolute Gasteiger partial charge is 0.407 e. The van der Waals surface area contributed by atoms with Crippen molar-refractivity contribution < 1.29 is 24.2 Å². The average Bonchev–Trinajstić information content (AvgIpc) is 3.16. The van der Waals surface area contributed by atoms with E-state index < -0.39 is 18.1 Å². The van der Waals surface area contributed by atoms with Gasteiger partial charge in [0.1, 0.15) is 12.6 Å². The second kappa shape index (κ2) is 10.7. The summed E-state index contributed by atoms with van der Waals surface area (Å²) in [6.45, 7) is 1.97. The van der Waals surface area contributed by atoms with E-state index >= 15 is 0 Å². The minimum atomic E-state index is -1.03. The van der Waals surface area contributed by atoms with Crippen molar-refractivity contribution in [2.75, 3.05) is 6.61 Å². The molecule has 3 N–H and O–H groups in total. The van der Waals surface area contributed by atoms with Crippen molar-refractivity contribution in [2.24, 2.45) is 5.92 Å². The summed E-state index contributed by atoms with van der Waals surface area (Å²) in [5, 5.41) is 14.7. The number of nitrogens with one attached hydrogen (secondary N) is 2. The van der Waals surface area contributed by atoms with Gasteiger partial charge in [-0.05, 0) is 47.4 Å². The van der Waals surface area contributed by atoms with Crippen LogP contribution in [-0.2, 0) is 14.3 Å². The Morgan fingerprint density at radius 2 is 1.62 bits per heavy atom. The van der Waals surface area contributed by atoms with Gasteiger partial charge in [0.05, 0.1) is 0 Å². The monoisotopic (exact) mass is 464 g/mol. The van der Waals surface area contributed by atoms with Crippen LogP contribution in [0.2, 0.25) is 0 Å². The largest absolute Gasteiger partial charge is 0.480 e. The molecule has 2 aliphatic rings. The molecule has 2 aliphatic carbocycles. The predicted octanol–water partition coefficient (Wildman–Crippen LogP) is 4.45. The molecule has 0 saturated heterocycles. The number of carbonyl (C=O) groups is 3. The van der Waals surface area contributed by atoms with E-state index in [4.69, 9.17) is 4.74 Å². The van der Waals surface area contributed by atoms with Crippen LogP contribution in [0.1, 0.15) is 62.5 Å². The fourth-order valence-electron chi connectivity index (χ4n) is 5.26. The van der Waals surface area contributed by atoms with E-state index in [1.807, 2.05) is 24.3 Å². The van der Waals surface area contributed by atoms with Gasteiger partial charge in [0, 0.05) is 18.4 Å². The highest BCUT2D eigenvalue weighted by Crippen LogP contribution is 2.44. The number of hydrogen-bond donors (Lipinski definition) is 3. The average molecular weight is 465 g/mol. The van der Waals surface area contributed by atoms with Gasteiger partial charge >= 0.3 is 12.1 Å². The summed E-state index contributed by atoms with van der Waals surface area (Å²) in [5.41, 5.74) is 4.68. The molecule has 1 fully saturated rings. The molecule has 7 heteroatoms. The summed E-state index contributed by atoms with van der Waals surface area (Å²) in [4.78, 5) is 36.4. The minimum absolute atomic E-state index is 0.00641. The molecule has 0 heterocycles. The van der Waals surface area contributed by atoms with Crippen LogP contribution in [0, 0.1) is 5.92 Å². The lowest BCUT2D eigenvalue weighted by Gasteiger charge is -2.32. The van der Waals surface area contributed by atoms with Gasteiger partial charge < -0.3 is 20.5 Å². The molecule has 2 aromatic carbocycles. The molecule has 0 spiro atoms. The van der Waals surface area contributed by atoms with E-state index in [0.717, 1.165) is 36.8 Å². The summed E-state index contributed by atoms with van der Waals surface area (Å²) < 4.78 is 5.68. The number of carboxylic acid groups (broad SMARTS) is 1. The highest BCUT2D eigenvalue weighted by molar-refractivity contribution is 5.83. The molecule has 2 amide bonds. The maximum absolute atomic E-state index is 12.7. The maximum Gasteiger partial charge on any atom is 0.407 e. The molecule has 4 rings (SSSR count). The molecule has 34 heavy (non-hydrogen) atoms. The first-order valence-corrected chi connectivity index (χ1v) is 12.1. The van der Waals surface area contributed by atoms with E-state index in [1.165, 1.54) is 11.1 Å². The second-order valence-corrected chi connectivity index (χ2v) is 9.19. The molecule has 0 radical (unpaired) electrons. The molecule has 2 unspecified atom stereocenters. The Hall–Kier alpha value is -3.35. The molecule has 2 aromatic rings. The van der Waals surface area contributed by atoms with Crippen molar-refractivity contribution in [3.8, 4) is 11.1 Å². The van der Waals surface area contributed by atoms with Crippen LogP contribution in [0.5, 0.6) is 0 Å². The number of carbonyl (C=O) groups excluding carboxylic acids is 2. The van der Waals surface area contributed by atoms with Crippen LogP contribution in [0.3, 0.4) is 0 Å². The van der Waals surface area contributed by atoms with E-state index in [-0.39, 0.29) is 36.8 Å². The Bertz CT molecular complexity index is 1010. The van der Waals surface area contributed by atoms with E-state index in [2.05, 4.69) is 34.9 Å². The van der Waals surface area contributed by atoms with E-state index in [9.17, 15) is 19.5 Å². The molecule has 0 aliphatic heterocycles. The van der Waals surface area contributed by atoms with Gasteiger partial charge in [-0.1, -0.05) is 68.3 Å². The Labute approximate surface area is 199 Å². The topological polar surface area (TPSA) is 105 Å². The third-order valence-corrected chi connectivity index (χ3v) is 7.05. The number of ether oxygens (including phenoxy) is 1. The number of amides is 2. The van der Waals surface area contributed by atoms with Crippen molar-refractivity contribution in [3.05, 3.63) is 59.7 Å². The normalized spacial score (nSPS) is 20.0. The first-order chi connectivity index (χ1) is 16.5. The molecule has 1 saturated carbocycles. The predicted molar refractivity (Wildman–Crippen MR) is 128 cm³/mol. The highest BCUT2D eigenvalue weighted by atomic mass is 16.5. The van der Waals surface area contributed by atoms with Crippen molar-refractivity contribution in [1.82, 2.24) is 10.6 Å². The fraction of sp³-hybridized carbons (Fsp3) is 0.444. The van der Waals surface area contributed by atoms with Gasteiger partial charge in [-0.25, -0.2) is 9.59 Å². The van der Waals surface area contributed by atoms with Crippen LogP contribution >= 0.6 is 0 Å². The number of hydrogen-bond acceptors (Lipinski definition) is 4. The van der Waals surface area contributed by atoms with Gasteiger partial charge in [0.2, 0.25) is 5.91 Å². The lowest BCUT2D eigenvalue weighted by atomic mass is 9.82. The van der Waals surface area contributed by atoms with Gasteiger partial charge in [0.15, 0.2) is 0 Å². The van der Waals surface area contributed by atoms with Crippen molar-refractivity contribution in [1.29, 1.82) is 0 Å². The van der Waals surface area contributed by atoms with Crippen LogP contribution in [0.15, 0.2) is 48.5 Å².